The summed E-state index contributed by atoms with van der Waals surface area (Å²) in [6, 6.07) is 8.32. The largest absolute Gasteiger partial charge is 0.361 e. The lowest BCUT2D eigenvalue weighted by Gasteiger charge is -2.16. The van der Waals surface area contributed by atoms with Crippen LogP contribution in [-0.2, 0) is 11.3 Å². The monoisotopic (exact) mass is 243 g/mol. The van der Waals surface area contributed by atoms with Gasteiger partial charge in [-0.1, -0.05) is 12.1 Å². The molecule has 1 aliphatic rings. The van der Waals surface area contributed by atoms with Crippen LogP contribution in [0.4, 0.5) is 0 Å². The van der Waals surface area contributed by atoms with Crippen molar-refractivity contribution in [3.63, 3.8) is 0 Å². The molecule has 94 valence electrons. The second-order valence-electron chi connectivity index (χ2n) is 4.98. The highest BCUT2D eigenvalue weighted by Crippen LogP contribution is 2.21. The molecule has 2 heterocycles. The van der Waals surface area contributed by atoms with Gasteiger partial charge in [-0.25, -0.2) is 0 Å². The van der Waals surface area contributed by atoms with Crippen molar-refractivity contribution in [2.24, 2.45) is 11.7 Å². The van der Waals surface area contributed by atoms with Crippen molar-refractivity contribution in [2.45, 2.75) is 13.0 Å². The first kappa shape index (κ1) is 11.3. The molecule has 3 N–H and O–H groups in total. The smallest absolute Gasteiger partial charge is 0.223 e. The average Bonchev–Trinajstić information content (AvgIpc) is 2.96. The summed E-state index contributed by atoms with van der Waals surface area (Å²) < 4.78 is 0. The molecule has 0 spiro atoms. The van der Waals surface area contributed by atoms with Crippen LogP contribution in [0.1, 0.15) is 12.0 Å². The summed E-state index contributed by atoms with van der Waals surface area (Å²) in [6.07, 6.45) is 2.53. The maximum Gasteiger partial charge on any atom is 0.223 e. The molecule has 1 aliphatic heterocycles. The SMILES string of the molecule is NCC1CC(=O)N(Cc2ccc3cc[nH]c3c2)C1. The van der Waals surface area contributed by atoms with Gasteiger partial charge in [0, 0.05) is 31.2 Å². The van der Waals surface area contributed by atoms with Gasteiger partial charge in [-0.2, -0.15) is 0 Å². The lowest BCUT2D eigenvalue weighted by molar-refractivity contribution is -0.128. The summed E-state index contributed by atoms with van der Waals surface area (Å²) in [7, 11) is 0. The number of amides is 1. The van der Waals surface area contributed by atoms with Crippen LogP contribution in [0.3, 0.4) is 0 Å². The van der Waals surface area contributed by atoms with E-state index in [1.165, 1.54) is 5.39 Å². The van der Waals surface area contributed by atoms with Crippen LogP contribution >= 0.6 is 0 Å². The Hall–Kier alpha value is -1.81. The maximum absolute atomic E-state index is 11.8. The number of carbonyl (C=O) groups excluding carboxylic acids is 1. The molecule has 3 rings (SSSR count). The number of carbonyl (C=O) groups is 1. The van der Waals surface area contributed by atoms with E-state index >= 15 is 0 Å². The Labute approximate surface area is 106 Å². The van der Waals surface area contributed by atoms with Crippen molar-refractivity contribution in [1.82, 2.24) is 9.88 Å². The summed E-state index contributed by atoms with van der Waals surface area (Å²) in [4.78, 5) is 16.9. The number of hydrogen-bond donors (Lipinski definition) is 2. The van der Waals surface area contributed by atoms with Gasteiger partial charge in [-0.05, 0) is 35.5 Å². The lowest BCUT2D eigenvalue weighted by atomic mass is 10.1. The van der Waals surface area contributed by atoms with Crippen molar-refractivity contribution in [3.8, 4) is 0 Å². The predicted molar refractivity (Wildman–Crippen MR) is 70.9 cm³/mol. The number of benzene rings is 1. The van der Waals surface area contributed by atoms with Crippen LogP contribution in [-0.4, -0.2) is 28.9 Å². The molecule has 1 unspecified atom stereocenters. The molecule has 0 radical (unpaired) electrons. The Morgan fingerprint density at radius 3 is 3.06 bits per heavy atom. The zero-order chi connectivity index (χ0) is 12.5. The van der Waals surface area contributed by atoms with Crippen LogP contribution < -0.4 is 5.73 Å². The molecule has 0 bridgehead atoms. The van der Waals surface area contributed by atoms with Gasteiger partial charge in [-0.15, -0.1) is 0 Å². The maximum atomic E-state index is 11.8. The summed E-state index contributed by atoms with van der Waals surface area (Å²) in [5.41, 5.74) is 7.91. The van der Waals surface area contributed by atoms with Crippen molar-refractivity contribution in [1.29, 1.82) is 0 Å². The summed E-state index contributed by atoms with van der Waals surface area (Å²) in [6.45, 7) is 2.07. The van der Waals surface area contributed by atoms with E-state index in [-0.39, 0.29) is 5.91 Å². The van der Waals surface area contributed by atoms with Gasteiger partial charge < -0.3 is 15.6 Å². The van der Waals surface area contributed by atoms with Crippen LogP contribution in [0.2, 0.25) is 0 Å². The highest BCUT2D eigenvalue weighted by Gasteiger charge is 2.28. The Balaban J connectivity index is 1.77. The van der Waals surface area contributed by atoms with Crippen molar-refractivity contribution >= 4 is 16.8 Å². The van der Waals surface area contributed by atoms with Gasteiger partial charge in [0.25, 0.3) is 0 Å². The topological polar surface area (TPSA) is 62.1 Å². The molecular weight excluding hydrogens is 226 g/mol. The van der Waals surface area contributed by atoms with Gasteiger partial charge >= 0.3 is 0 Å². The first-order valence-corrected chi connectivity index (χ1v) is 6.30. The number of rotatable bonds is 3. The van der Waals surface area contributed by atoms with Gasteiger partial charge in [0.1, 0.15) is 0 Å². The minimum atomic E-state index is 0.219. The van der Waals surface area contributed by atoms with E-state index in [1.54, 1.807) is 0 Å². The standard InChI is InChI=1S/C14H17N3O/c15-7-11-6-14(18)17(9-11)8-10-1-2-12-3-4-16-13(12)5-10/h1-5,11,16H,6-9,15H2. The normalized spacial score (nSPS) is 19.9. The predicted octanol–water partition coefficient (Wildman–Crippen LogP) is 1.48. The molecule has 4 heteroatoms. The second-order valence-corrected chi connectivity index (χ2v) is 4.98. The number of H-pyrrole nitrogens is 1. The van der Waals surface area contributed by atoms with E-state index < -0.39 is 0 Å². The van der Waals surface area contributed by atoms with E-state index in [9.17, 15) is 4.79 Å². The van der Waals surface area contributed by atoms with Crippen LogP contribution in [0.25, 0.3) is 10.9 Å². The molecule has 1 aromatic carbocycles. The zero-order valence-electron chi connectivity index (χ0n) is 10.2. The molecule has 0 saturated carbocycles. The van der Waals surface area contributed by atoms with Crippen molar-refractivity contribution in [3.05, 3.63) is 36.0 Å². The van der Waals surface area contributed by atoms with Gasteiger partial charge in [0.15, 0.2) is 0 Å². The van der Waals surface area contributed by atoms with E-state index in [0.717, 1.165) is 17.6 Å². The molecule has 1 fully saturated rings. The first-order valence-electron chi connectivity index (χ1n) is 6.30. The lowest BCUT2D eigenvalue weighted by Crippen LogP contribution is -2.25. The molecule has 1 atom stereocenters. The minimum absolute atomic E-state index is 0.219. The minimum Gasteiger partial charge on any atom is -0.361 e. The van der Waals surface area contributed by atoms with Crippen molar-refractivity contribution in [2.75, 3.05) is 13.1 Å². The quantitative estimate of drug-likeness (QED) is 0.857. The fourth-order valence-corrected chi connectivity index (χ4v) is 2.58. The molecule has 18 heavy (non-hydrogen) atoms. The molecule has 1 amide bonds. The van der Waals surface area contributed by atoms with Crippen LogP contribution in [0.5, 0.6) is 0 Å². The molecule has 4 nitrogen and oxygen atoms in total. The second kappa shape index (κ2) is 4.46. The summed E-state index contributed by atoms with van der Waals surface area (Å²) in [5.74, 6) is 0.545. The van der Waals surface area contributed by atoms with Gasteiger partial charge in [-0.3, -0.25) is 4.79 Å². The highest BCUT2D eigenvalue weighted by atomic mass is 16.2. The number of aromatic amines is 1. The van der Waals surface area contributed by atoms with E-state index in [2.05, 4.69) is 23.2 Å². The zero-order valence-corrected chi connectivity index (χ0v) is 10.2. The summed E-state index contributed by atoms with van der Waals surface area (Å²) >= 11 is 0. The Bertz CT molecular complexity index is 575. The number of aromatic nitrogens is 1. The van der Waals surface area contributed by atoms with Gasteiger partial charge in [0.05, 0.1) is 0 Å². The van der Waals surface area contributed by atoms with Gasteiger partial charge in [0.2, 0.25) is 5.91 Å². The number of likely N-dealkylation sites (tertiary alicyclic amines) is 1. The molecule has 2 aromatic rings. The number of nitrogens with two attached hydrogens (primary N) is 1. The molecule has 1 saturated heterocycles. The fourth-order valence-electron chi connectivity index (χ4n) is 2.58. The number of nitrogens with zero attached hydrogens (tertiary/aromatic N) is 1. The van der Waals surface area contributed by atoms with E-state index in [0.29, 0.717) is 25.4 Å². The molecular formula is C14H17N3O. The number of fused-ring (bicyclic) bond motifs is 1. The molecule has 0 aliphatic carbocycles. The highest BCUT2D eigenvalue weighted by molar-refractivity contribution is 5.81. The Morgan fingerprint density at radius 1 is 1.39 bits per heavy atom. The Kier molecular flexibility index (Phi) is 2.80. The average molecular weight is 243 g/mol. The number of nitrogens with one attached hydrogen (secondary N) is 1. The number of hydrogen-bond acceptors (Lipinski definition) is 2. The third kappa shape index (κ3) is 1.99. The summed E-state index contributed by atoms with van der Waals surface area (Å²) in [5, 5.41) is 1.20. The van der Waals surface area contributed by atoms with Crippen LogP contribution in [0, 0.1) is 5.92 Å². The Morgan fingerprint density at radius 2 is 2.28 bits per heavy atom. The first-order chi connectivity index (χ1) is 8.76. The fraction of sp³-hybridized carbons (Fsp3) is 0.357. The third-order valence-corrected chi connectivity index (χ3v) is 3.62. The van der Waals surface area contributed by atoms with Crippen molar-refractivity contribution < 1.29 is 4.79 Å². The van der Waals surface area contributed by atoms with Crippen LogP contribution in [0.15, 0.2) is 30.5 Å². The molecule has 1 aromatic heterocycles. The van der Waals surface area contributed by atoms with E-state index in [1.807, 2.05) is 17.2 Å². The van der Waals surface area contributed by atoms with E-state index in [4.69, 9.17) is 5.73 Å². The third-order valence-electron chi connectivity index (χ3n) is 3.62.